The molecule has 3 heteroatoms. The van der Waals surface area contributed by atoms with Gasteiger partial charge in [0.05, 0.1) is 0 Å². The topological polar surface area (TPSA) is 55.1 Å². The SMILES string of the molecule is CC(C)c1ccc(NC(=O)CC2(N)CCC2)c(C(C)C)c1. The van der Waals surface area contributed by atoms with E-state index in [1.54, 1.807) is 0 Å². The van der Waals surface area contributed by atoms with Gasteiger partial charge in [0.1, 0.15) is 0 Å². The van der Waals surface area contributed by atoms with E-state index in [9.17, 15) is 4.79 Å². The molecule has 0 unspecified atom stereocenters. The number of benzene rings is 1. The molecule has 1 aromatic carbocycles. The van der Waals surface area contributed by atoms with Crippen LogP contribution in [0.4, 0.5) is 5.69 Å². The van der Waals surface area contributed by atoms with Gasteiger partial charge in [0.15, 0.2) is 0 Å². The molecule has 1 aromatic rings. The summed E-state index contributed by atoms with van der Waals surface area (Å²) in [4.78, 5) is 12.2. The fourth-order valence-corrected chi connectivity index (χ4v) is 2.85. The highest BCUT2D eigenvalue weighted by molar-refractivity contribution is 5.92. The van der Waals surface area contributed by atoms with Crippen molar-refractivity contribution >= 4 is 11.6 Å². The highest BCUT2D eigenvalue weighted by Gasteiger charge is 2.34. The molecule has 0 aromatic heterocycles. The van der Waals surface area contributed by atoms with Gasteiger partial charge in [0.25, 0.3) is 0 Å². The molecule has 116 valence electrons. The summed E-state index contributed by atoms with van der Waals surface area (Å²) >= 11 is 0. The molecule has 0 aliphatic heterocycles. The van der Waals surface area contributed by atoms with E-state index in [2.05, 4.69) is 45.1 Å². The summed E-state index contributed by atoms with van der Waals surface area (Å²) in [6.07, 6.45) is 3.49. The smallest absolute Gasteiger partial charge is 0.226 e. The number of anilines is 1. The predicted molar refractivity (Wildman–Crippen MR) is 88.6 cm³/mol. The van der Waals surface area contributed by atoms with E-state index in [1.807, 2.05) is 6.07 Å². The molecule has 1 aliphatic carbocycles. The third-order valence-electron chi connectivity index (χ3n) is 4.50. The summed E-state index contributed by atoms with van der Waals surface area (Å²) in [6, 6.07) is 6.35. The van der Waals surface area contributed by atoms with Crippen LogP contribution in [0.2, 0.25) is 0 Å². The normalized spacial score (nSPS) is 16.9. The lowest BCUT2D eigenvalue weighted by atomic mass is 9.75. The van der Waals surface area contributed by atoms with Gasteiger partial charge in [0.2, 0.25) is 5.91 Å². The molecule has 1 aliphatic rings. The van der Waals surface area contributed by atoms with Crippen molar-refractivity contribution in [2.45, 2.75) is 70.8 Å². The quantitative estimate of drug-likeness (QED) is 0.855. The molecule has 1 fully saturated rings. The molecular weight excluding hydrogens is 260 g/mol. The highest BCUT2D eigenvalue weighted by Crippen LogP contribution is 2.33. The second-order valence-corrected chi connectivity index (χ2v) is 7.10. The predicted octanol–water partition coefficient (Wildman–Crippen LogP) is 4.14. The second kappa shape index (κ2) is 6.18. The first-order chi connectivity index (χ1) is 9.81. The Bertz CT molecular complexity index is 516. The molecule has 21 heavy (non-hydrogen) atoms. The zero-order valence-electron chi connectivity index (χ0n) is 13.7. The summed E-state index contributed by atoms with van der Waals surface area (Å²) in [7, 11) is 0. The van der Waals surface area contributed by atoms with E-state index in [0.717, 1.165) is 24.9 Å². The van der Waals surface area contributed by atoms with Crippen LogP contribution in [0.15, 0.2) is 18.2 Å². The first-order valence-corrected chi connectivity index (χ1v) is 8.03. The van der Waals surface area contributed by atoms with Gasteiger partial charge in [-0.05, 0) is 48.3 Å². The van der Waals surface area contributed by atoms with Crippen LogP contribution in [0, 0.1) is 0 Å². The lowest BCUT2D eigenvalue weighted by Gasteiger charge is -2.37. The Labute approximate surface area is 128 Å². The number of rotatable bonds is 5. The fraction of sp³-hybridized carbons (Fsp3) is 0.611. The molecule has 0 atom stereocenters. The van der Waals surface area contributed by atoms with Crippen LogP contribution < -0.4 is 11.1 Å². The molecule has 3 nitrogen and oxygen atoms in total. The fourth-order valence-electron chi connectivity index (χ4n) is 2.85. The van der Waals surface area contributed by atoms with Gasteiger partial charge < -0.3 is 11.1 Å². The number of carbonyl (C=O) groups excluding carboxylic acids is 1. The van der Waals surface area contributed by atoms with E-state index in [1.165, 1.54) is 11.1 Å². The van der Waals surface area contributed by atoms with Crippen molar-refractivity contribution in [3.05, 3.63) is 29.3 Å². The Balaban J connectivity index is 2.13. The first kappa shape index (κ1) is 16.0. The van der Waals surface area contributed by atoms with E-state index in [4.69, 9.17) is 5.73 Å². The third-order valence-corrected chi connectivity index (χ3v) is 4.50. The van der Waals surface area contributed by atoms with Crippen LogP contribution in [-0.2, 0) is 4.79 Å². The lowest BCUT2D eigenvalue weighted by molar-refractivity contribution is -0.118. The van der Waals surface area contributed by atoms with Crippen molar-refractivity contribution in [1.29, 1.82) is 0 Å². The second-order valence-electron chi connectivity index (χ2n) is 7.10. The Morgan fingerprint density at radius 1 is 1.24 bits per heavy atom. The lowest BCUT2D eigenvalue weighted by Crippen LogP contribution is -2.49. The average molecular weight is 288 g/mol. The average Bonchev–Trinajstić information content (AvgIpc) is 2.36. The van der Waals surface area contributed by atoms with Gasteiger partial charge in [-0.1, -0.05) is 39.8 Å². The standard InChI is InChI=1S/C18H28N2O/c1-12(2)14-6-7-16(15(10-14)13(3)4)20-17(21)11-18(19)8-5-9-18/h6-7,10,12-13H,5,8-9,11,19H2,1-4H3,(H,20,21). The summed E-state index contributed by atoms with van der Waals surface area (Å²) in [5.41, 5.74) is 9.34. The number of amides is 1. The van der Waals surface area contributed by atoms with Crippen molar-refractivity contribution in [2.75, 3.05) is 5.32 Å². The van der Waals surface area contributed by atoms with Gasteiger partial charge in [0, 0.05) is 17.6 Å². The zero-order valence-corrected chi connectivity index (χ0v) is 13.7. The zero-order chi connectivity index (χ0) is 15.6. The van der Waals surface area contributed by atoms with Gasteiger partial charge >= 0.3 is 0 Å². The first-order valence-electron chi connectivity index (χ1n) is 8.03. The molecule has 1 saturated carbocycles. The van der Waals surface area contributed by atoms with Crippen LogP contribution in [0.5, 0.6) is 0 Å². The largest absolute Gasteiger partial charge is 0.326 e. The molecule has 2 rings (SSSR count). The molecular formula is C18H28N2O. The van der Waals surface area contributed by atoms with Crippen LogP contribution in [0.25, 0.3) is 0 Å². The van der Waals surface area contributed by atoms with E-state index >= 15 is 0 Å². The van der Waals surface area contributed by atoms with Crippen molar-refractivity contribution < 1.29 is 4.79 Å². The summed E-state index contributed by atoms with van der Waals surface area (Å²) in [5, 5.41) is 3.06. The third kappa shape index (κ3) is 3.85. The number of carbonyl (C=O) groups is 1. The maximum atomic E-state index is 12.2. The molecule has 0 spiro atoms. The molecule has 0 bridgehead atoms. The maximum absolute atomic E-state index is 12.2. The Morgan fingerprint density at radius 3 is 2.38 bits per heavy atom. The van der Waals surface area contributed by atoms with Crippen LogP contribution in [-0.4, -0.2) is 11.4 Å². The molecule has 3 N–H and O–H groups in total. The Morgan fingerprint density at radius 2 is 1.90 bits per heavy atom. The van der Waals surface area contributed by atoms with E-state index in [-0.39, 0.29) is 11.4 Å². The number of hydrogen-bond acceptors (Lipinski definition) is 2. The number of nitrogens with two attached hydrogens (primary N) is 1. The molecule has 0 radical (unpaired) electrons. The summed E-state index contributed by atoms with van der Waals surface area (Å²) in [5.74, 6) is 0.917. The minimum absolute atomic E-state index is 0.0383. The summed E-state index contributed by atoms with van der Waals surface area (Å²) in [6.45, 7) is 8.69. The summed E-state index contributed by atoms with van der Waals surface area (Å²) < 4.78 is 0. The molecule has 0 heterocycles. The van der Waals surface area contributed by atoms with Crippen molar-refractivity contribution in [1.82, 2.24) is 0 Å². The minimum atomic E-state index is -0.264. The van der Waals surface area contributed by atoms with Crippen molar-refractivity contribution in [3.63, 3.8) is 0 Å². The minimum Gasteiger partial charge on any atom is -0.326 e. The van der Waals surface area contributed by atoms with Gasteiger partial charge in [-0.15, -0.1) is 0 Å². The molecule has 1 amide bonds. The van der Waals surface area contributed by atoms with E-state index < -0.39 is 0 Å². The Hall–Kier alpha value is -1.35. The van der Waals surface area contributed by atoms with Crippen LogP contribution >= 0.6 is 0 Å². The number of nitrogens with one attached hydrogen (secondary N) is 1. The molecule has 0 saturated heterocycles. The maximum Gasteiger partial charge on any atom is 0.226 e. The van der Waals surface area contributed by atoms with Crippen LogP contribution in [0.3, 0.4) is 0 Å². The monoisotopic (exact) mass is 288 g/mol. The number of hydrogen-bond donors (Lipinski definition) is 2. The Kier molecular flexibility index (Phi) is 4.72. The van der Waals surface area contributed by atoms with Gasteiger partial charge in [-0.2, -0.15) is 0 Å². The van der Waals surface area contributed by atoms with Gasteiger partial charge in [-0.25, -0.2) is 0 Å². The van der Waals surface area contributed by atoms with Crippen molar-refractivity contribution in [2.24, 2.45) is 5.73 Å². The van der Waals surface area contributed by atoms with Gasteiger partial charge in [-0.3, -0.25) is 4.79 Å². The highest BCUT2D eigenvalue weighted by atomic mass is 16.1. The van der Waals surface area contributed by atoms with Crippen LogP contribution in [0.1, 0.15) is 76.3 Å². The van der Waals surface area contributed by atoms with E-state index in [0.29, 0.717) is 18.3 Å². The van der Waals surface area contributed by atoms with Crippen molar-refractivity contribution in [3.8, 4) is 0 Å².